The van der Waals surface area contributed by atoms with Gasteiger partial charge in [-0.3, -0.25) is 14.8 Å². The molecule has 1 aliphatic heterocycles. The molecule has 5 heteroatoms. The Morgan fingerprint density at radius 2 is 2.12 bits per heavy atom. The van der Waals surface area contributed by atoms with Crippen molar-refractivity contribution in [1.29, 1.82) is 0 Å². The summed E-state index contributed by atoms with van der Waals surface area (Å²) in [5.41, 5.74) is 6.36. The maximum Gasteiger partial charge on any atom is 0.242 e. The summed E-state index contributed by atoms with van der Waals surface area (Å²) in [4.78, 5) is 11.6. The molecule has 16 heavy (non-hydrogen) atoms. The third kappa shape index (κ3) is 1.99. The third-order valence-corrected chi connectivity index (χ3v) is 2.91. The van der Waals surface area contributed by atoms with Gasteiger partial charge in [0.25, 0.3) is 0 Å². The Kier molecular flexibility index (Phi) is 3.31. The zero-order valence-electron chi connectivity index (χ0n) is 8.90. The molecule has 0 saturated carbocycles. The zero-order chi connectivity index (χ0) is 11.5. The number of para-hydroxylation sites is 1. The monoisotopic (exact) mass is 239 g/mol. The molecule has 0 aliphatic carbocycles. The van der Waals surface area contributed by atoms with E-state index >= 15 is 0 Å². The first kappa shape index (κ1) is 11.2. The van der Waals surface area contributed by atoms with E-state index < -0.39 is 0 Å². The van der Waals surface area contributed by atoms with Crippen molar-refractivity contribution in [2.75, 3.05) is 24.6 Å². The predicted molar refractivity (Wildman–Crippen MR) is 64.2 cm³/mol. The molecule has 2 N–H and O–H groups in total. The summed E-state index contributed by atoms with van der Waals surface area (Å²) >= 11 is 6.11. The van der Waals surface area contributed by atoms with Gasteiger partial charge < -0.3 is 5.73 Å². The van der Waals surface area contributed by atoms with E-state index in [1.165, 1.54) is 0 Å². The van der Waals surface area contributed by atoms with Gasteiger partial charge in [0.05, 0.1) is 17.3 Å². The Hall–Kier alpha value is -1.26. The van der Waals surface area contributed by atoms with Gasteiger partial charge in [-0.1, -0.05) is 23.7 Å². The third-order valence-electron chi connectivity index (χ3n) is 2.59. The van der Waals surface area contributed by atoms with Gasteiger partial charge in [0, 0.05) is 19.5 Å². The van der Waals surface area contributed by atoms with Crippen molar-refractivity contribution in [3.05, 3.63) is 29.3 Å². The Morgan fingerprint density at radius 1 is 1.38 bits per heavy atom. The van der Waals surface area contributed by atoms with Gasteiger partial charge >= 0.3 is 0 Å². The SMILES string of the molecule is NCCN1C(=O)CCN1c1ccccc1Cl. The molecule has 0 spiro atoms. The molecule has 1 fully saturated rings. The van der Waals surface area contributed by atoms with E-state index in [4.69, 9.17) is 17.3 Å². The van der Waals surface area contributed by atoms with Crippen molar-refractivity contribution in [3.8, 4) is 0 Å². The van der Waals surface area contributed by atoms with Crippen molar-refractivity contribution in [3.63, 3.8) is 0 Å². The zero-order valence-corrected chi connectivity index (χ0v) is 9.65. The predicted octanol–water partition coefficient (Wildman–Crippen LogP) is 1.25. The lowest BCUT2D eigenvalue weighted by molar-refractivity contribution is -0.128. The summed E-state index contributed by atoms with van der Waals surface area (Å²) in [6.07, 6.45) is 0.519. The van der Waals surface area contributed by atoms with E-state index in [2.05, 4.69) is 0 Å². The van der Waals surface area contributed by atoms with E-state index in [0.29, 0.717) is 31.1 Å². The van der Waals surface area contributed by atoms with E-state index in [1.54, 1.807) is 5.01 Å². The number of carbonyl (C=O) groups is 1. The molecule has 1 heterocycles. The fourth-order valence-corrected chi connectivity index (χ4v) is 2.10. The second-order valence-electron chi connectivity index (χ2n) is 3.63. The Bertz CT molecular complexity index is 397. The first-order valence-electron chi connectivity index (χ1n) is 5.26. The number of nitrogens with two attached hydrogens (primary N) is 1. The van der Waals surface area contributed by atoms with Gasteiger partial charge in [0.2, 0.25) is 5.91 Å². The molecule has 2 rings (SSSR count). The highest BCUT2D eigenvalue weighted by atomic mass is 35.5. The number of carbonyl (C=O) groups excluding carboxylic acids is 1. The maximum absolute atomic E-state index is 11.6. The number of benzene rings is 1. The number of hydrogen-bond donors (Lipinski definition) is 1. The number of hydrazine groups is 1. The van der Waals surface area contributed by atoms with Crippen molar-refractivity contribution in [2.45, 2.75) is 6.42 Å². The van der Waals surface area contributed by atoms with Crippen LogP contribution in [-0.4, -0.2) is 30.6 Å². The van der Waals surface area contributed by atoms with Gasteiger partial charge in [-0.05, 0) is 12.1 Å². The minimum absolute atomic E-state index is 0.102. The summed E-state index contributed by atoms with van der Waals surface area (Å²) < 4.78 is 0. The Morgan fingerprint density at radius 3 is 2.81 bits per heavy atom. The van der Waals surface area contributed by atoms with Crippen molar-refractivity contribution >= 4 is 23.2 Å². The molecule has 0 bridgehead atoms. The number of rotatable bonds is 3. The van der Waals surface area contributed by atoms with Crippen LogP contribution in [0.5, 0.6) is 0 Å². The number of amides is 1. The van der Waals surface area contributed by atoms with Crippen LogP contribution in [0.1, 0.15) is 6.42 Å². The average Bonchev–Trinajstić information content (AvgIpc) is 2.62. The molecular weight excluding hydrogens is 226 g/mol. The lowest BCUT2D eigenvalue weighted by Gasteiger charge is -2.29. The van der Waals surface area contributed by atoms with Crippen LogP contribution in [0.15, 0.2) is 24.3 Å². The summed E-state index contributed by atoms with van der Waals surface area (Å²) in [7, 11) is 0. The summed E-state index contributed by atoms with van der Waals surface area (Å²) in [5, 5.41) is 4.22. The smallest absolute Gasteiger partial charge is 0.242 e. The molecule has 4 nitrogen and oxygen atoms in total. The normalized spacial score (nSPS) is 16.0. The summed E-state index contributed by atoms with van der Waals surface area (Å²) in [5.74, 6) is 0.102. The quantitative estimate of drug-likeness (QED) is 0.864. The topological polar surface area (TPSA) is 49.6 Å². The fraction of sp³-hybridized carbons (Fsp3) is 0.364. The van der Waals surface area contributed by atoms with Crippen LogP contribution in [0.3, 0.4) is 0 Å². The molecule has 1 saturated heterocycles. The molecule has 1 amide bonds. The molecule has 1 aromatic rings. The Balaban J connectivity index is 2.27. The largest absolute Gasteiger partial charge is 0.329 e. The molecule has 0 atom stereocenters. The van der Waals surface area contributed by atoms with Gasteiger partial charge in [0.1, 0.15) is 0 Å². The number of anilines is 1. The minimum atomic E-state index is 0.102. The number of nitrogens with zero attached hydrogens (tertiary/aromatic N) is 2. The highest BCUT2D eigenvalue weighted by Gasteiger charge is 2.29. The van der Waals surface area contributed by atoms with Crippen LogP contribution in [0.25, 0.3) is 0 Å². The Labute approximate surface area is 99.5 Å². The first-order valence-corrected chi connectivity index (χ1v) is 5.64. The maximum atomic E-state index is 11.6. The van der Waals surface area contributed by atoms with Crippen LogP contribution >= 0.6 is 11.6 Å². The highest BCUT2D eigenvalue weighted by molar-refractivity contribution is 6.33. The van der Waals surface area contributed by atoms with Crippen LogP contribution in [-0.2, 0) is 4.79 Å². The van der Waals surface area contributed by atoms with Crippen molar-refractivity contribution in [1.82, 2.24) is 5.01 Å². The number of halogens is 1. The lowest BCUT2D eigenvalue weighted by atomic mass is 10.3. The van der Waals surface area contributed by atoms with Crippen LogP contribution in [0.2, 0.25) is 5.02 Å². The van der Waals surface area contributed by atoms with Gasteiger partial charge in [0.15, 0.2) is 0 Å². The van der Waals surface area contributed by atoms with Crippen molar-refractivity contribution in [2.24, 2.45) is 5.73 Å². The van der Waals surface area contributed by atoms with E-state index in [-0.39, 0.29) is 5.91 Å². The molecule has 1 aromatic carbocycles. The number of hydrogen-bond acceptors (Lipinski definition) is 3. The van der Waals surface area contributed by atoms with E-state index in [0.717, 1.165) is 5.69 Å². The molecule has 0 unspecified atom stereocenters. The molecule has 1 aliphatic rings. The summed E-state index contributed by atoms with van der Waals surface area (Å²) in [6, 6.07) is 7.51. The average molecular weight is 240 g/mol. The van der Waals surface area contributed by atoms with Crippen LogP contribution < -0.4 is 10.7 Å². The van der Waals surface area contributed by atoms with E-state index in [1.807, 2.05) is 29.3 Å². The summed E-state index contributed by atoms with van der Waals surface area (Å²) in [6.45, 7) is 1.65. The van der Waals surface area contributed by atoms with Crippen LogP contribution in [0.4, 0.5) is 5.69 Å². The minimum Gasteiger partial charge on any atom is -0.329 e. The van der Waals surface area contributed by atoms with E-state index in [9.17, 15) is 4.79 Å². The second-order valence-corrected chi connectivity index (χ2v) is 4.04. The first-order chi connectivity index (χ1) is 7.74. The van der Waals surface area contributed by atoms with Gasteiger partial charge in [-0.25, -0.2) is 0 Å². The fourth-order valence-electron chi connectivity index (χ4n) is 1.87. The standard InChI is InChI=1S/C11H14ClN3O/c12-9-3-1-2-4-10(9)14-7-5-11(16)15(14)8-6-13/h1-4H,5-8,13H2. The lowest BCUT2D eigenvalue weighted by Crippen LogP contribution is -2.42. The van der Waals surface area contributed by atoms with Crippen LogP contribution in [0, 0.1) is 0 Å². The van der Waals surface area contributed by atoms with Gasteiger partial charge in [-0.2, -0.15) is 0 Å². The molecule has 86 valence electrons. The molecule has 0 radical (unpaired) electrons. The molecular formula is C11H14ClN3O. The van der Waals surface area contributed by atoms with Gasteiger partial charge in [-0.15, -0.1) is 0 Å². The highest BCUT2D eigenvalue weighted by Crippen LogP contribution is 2.29. The second kappa shape index (κ2) is 4.72. The molecule has 0 aromatic heterocycles. The van der Waals surface area contributed by atoms with Crippen molar-refractivity contribution < 1.29 is 4.79 Å².